The van der Waals surface area contributed by atoms with Crippen molar-refractivity contribution in [3.63, 3.8) is 0 Å². The van der Waals surface area contributed by atoms with Crippen molar-refractivity contribution in [2.75, 3.05) is 6.61 Å². The molecule has 0 aliphatic carbocycles. The lowest BCUT2D eigenvalue weighted by atomic mass is 10.0. The molecule has 24 heavy (non-hydrogen) atoms. The number of amides is 1. The van der Waals surface area contributed by atoms with Gasteiger partial charge in [0.05, 0.1) is 0 Å². The average molecular weight is 379 g/mol. The molecule has 0 saturated heterocycles. The van der Waals surface area contributed by atoms with Crippen molar-refractivity contribution in [3.8, 4) is 5.75 Å². The van der Waals surface area contributed by atoms with Crippen molar-refractivity contribution in [1.29, 1.82) is 0 Å². The number of halogens is 1. The highest BCUT2D eigenvalue weighted by Gasteiger charge is 2.29. The van der Waals surface area contributed by atoms with Crippen LogP contribution in [0.5, 0.6) is 5.75 Å². The SMILES string of the molecule is CC(C)(CCC(=O)O)NS(=O)(=O)c1cc(Cl)ccc1OCC(N)=O. The monoisotopic (exact) mass is 378 g/mol. The quantitative estimate of drug-likeness (QED) is 0.589. The lowest BCUT2D eigenvalue weighted by Gasteiger charge is -2.26. The molecule has 0 heterocycles. The second-order valence-corrected chi connectivity index (χ2v) is 7.82. The minimum absolute atomic E-state index is 0.0829. The van der Waals surface area contributed by atoms with E-state index in [1.807, 2.05) is 0 Å². The molecule has 0 aromatic heterocycles. The zero-order chi connectivity index (χ0) is 18.5. The number of aliphatic carboxylic acids is 1. The Hall–Kier alpha value is -1.84. The van der Waals surface area contributed by atoms with Gasteiger partial charge in [0.25, 0.3) is 5.91 Å². The Balaban J connectivity index is 3.10. The maximum absolute atomic E-state index is 12.6. The lowest BCUT2D eigenvalue weighted by molar-refractivity contribution is -0.137. The summed E-state index contributed by atoms with van der Waals surface area (Å²) < 4.78 is 32.7. The van der Waals surface area contributed by atoms with Crippen LogP contribution in [-0.2, 0) is 19.6 Å². The largest absolute Gasteiger partial charge is 0.482 e. The first-order valence-corrected chi connectivity index (χ1v) is 8.75. The van der Waals surface area contributed by atoms with Gasteiger partial charge in [0, 0.05) is 17.0 Å². The van der Waals surface area contributed by atoms with E-state index in [0.29, 0.717) is 0 Å². The Morgan fingerprint density at radius 3 is 2.54 bits per heavy atom. The van der Waals surface area contributed by atoms with Crippen LogP contribution in [-0.4, -0.2) is 37.5 Å². The fourth-order valence-electron chi connectivity index (χ4n) is 1.85. The Kier molecular flexibility index (Phi) is 6.58. The van der Waals surface area contributed by atoms with E-state index in [1.165, 1.54) is 18.2 Å². The van der Waals surface area contributed by atoms with E-state index in [-0.39, 0.29) is 28.5 Å². The van der Waals surface area contributed by atoms with Crippen LogP contribution in [0.1, 0.15) is 26.7 Å². The number of hydrogen-bond donors (Lipinski definition) is 3. The molecular formula is C14H19ClN2O6S. The van der Waals surface area contributed by atoms with Gasteiger partial charge in [0.2, 0.25) is 10.0 Å². The number of carbonyl (C=O) groups is 2. The molecule has 1 amide bonds. The number of benzene rings is 1. The highest BCUT2D eigenvalue weighted by atomic mass is 35.5. The van der Waals surface area contributed by atoms with Crippen molar-refractivity contribution in [3.05, 3.63) is 23.2 Å². The molecule has 134 valence electrons. The maximum Gasteiger partial charge on any atom is 0.303 e. The molecule has 10 heteroatoms. The highest BCUT2D eigenvalue weighted by Crippen LogP contribution is 2.28. The molecule has 0 aliphatic rings. The Labute approximate surface area is 145 Å². The van der Waals surface area contributed by atoms with Gasteiger partial charge in [-0.25, -0.2) is 13.1 Å². The Morgan fingerprint density at radius 2 is 2.00 bits per heavy atom. The minimum atomic E-state index is -4.07. The molecular weight excluding hydrogens is 360 g/mol. The van der Waals surface area contributed by atoms with Gasteiger partial charge in [-0.15, -0.1) is 0 Å². The van der Waals surface area contributed by atoms with Gasteiger partial charge in [0.15, 0.2) is 6.61 Å². The first kappa shape index (κ1) is 20.2. The molecule has 4 N–H and O–H groups in total. The predicted octanol–water partition coefficient (Wildman–Crippen LogP) is 1.13. The van der Waals surface area contributed by atoms with E-state index in [1.54, 1.807) is 13.8 Å². The van der Waals surface area contributed by atoms with Crippen molar-refractivity contribution >= 4 is 33.5 Å². The average Bonchev–Trinajstić information content (AvgIpc) is 2.42. The van der Waals surface area contributed by atoms with Crippen LogP contribution in [0.15, 0.2) is 23.1 Å². The molecule has 0 aliphatic heterocycles. The molecule has 1 rings (SSSR count). The summed E-state index contributed by atoms with van der Waals surface area (Å²) in [7, 11) is -4.07. The van der Waals surface area contributed by atoms with Gasteiger partial charge < -0.3 is 15.6 Å². The molecule has 8 nitrogen and oxygen atoms in total. The zero-order valence-corrected chi connectivity index (χ0v) is 14.8. The molecule has 0 saturated carbocycles. The van der Waals surface area contributed by atoms with E-state index >= 15 is 0 Å². The number of sulfonamides is 1. The van der Waals surface area contributed by atoms with Crippen LogP contribution in [0.25, 0.3) is 0 Å². The zero-order valence-electron chi connectivity index (χ0n) is 13.2. The van der Waals surface area contributed by atoms with Crippen LogP contribution in [0.2, 0.25) is 5.02 Å². The summed E-state index contributed by atoms with van der Waals surface area (Å²) in [6, 6.07) is 3.89. The van der Waals surface area contributed by atoms with Gasteiger partial charge in [-0.1, -0.05) is 11.6 Å². The van der Waals surface area contributed by atoms with Crippen LogP contribution in [0, 0.1) is 0 Å². The summed E-state index contributed by atoms with van der Waals surface area (Å²) in [5, 5.41) is 8.89. The summed E-state index contributed by atoms with van der Waals surface area (Å²) >= 11 is 5.84. The number of carbonyl (C=O) groups excluding carboxylic acids is 1. The van der Waals surface area contributed by atoms with Gasteiger partial charge in [-0.3, -0.25) is 9.59 Å². The summed E-state index contributed by atoms with van der Waals surface area (Å²) in [6.07, 6.45) is -0.115. The third kappa shape index (κ3) is 6.34. The number of ether oxygens (including phenoxy) is 1. The maximum atomic E-state index is 12.6. The summed E-state index contributed by atoms with van der Waals surface area (Å²) in [6.45, 7) is 2.62. The third-order valence-electron chi connectivity index (χ3n) is 2.94. The number of primary amides is 1. The number of carboxylic acid groups (broad SMARTS) is 1. The number of hydrogen-bond acceptors (Lipinski definition) is 5. The van der Waals surface area contributed by atoms with Gasteiger partial charge >= 0.3 is 5.97 Å². The van der Waals surface area contributed by atoms with Gasteiger partial charge in [-0.2, -0.15) is 0 Å². The predicted molar refractivity (Wildman–Crippen MR) is 87.4 cm³/mol. The number of rotatable bonds is 9. The molecule has 0 spiro atoms. The topological polar surface area (TPSA) is 136 Å². The Bertz CT molecular complexity index is 733. The second-order valence-electron chi connectivity index (χ2n) is 5.73. The summed E-state index contributed by atoms with van der Waals surface area (Å²) in [5.74, 6) is -1.88. The van der Waals surface area contributed by atoms with Crippen molar-refractivity contribution in [1.82, 2.24) is 4.72 Å². The standard InChI is InChI=1S/C14H19ClN2O6S/c1-14(2,6-5-13(19)20)17-24(21,22)11-7-9(15)3-4-10(11)23-8-12(16)18/h3-4,7,17H,5-6,8H2,1-2H3,(H2,16,18)(H,19,20). The van der Waals surface area contributed by atoms with Crippen LogP contribution < -0.4 is 15.2 Å². The van der Waals surface area contributed by atoms with Crippen molar-refractivity contribution in [2.45, 2.75) is 37.1 Å². The van der Waals surface area contributed by atoms with E-state index in [4.69, 9.17) is 27.2 Å². The number of nitrogens with one attached hydrogen (secondary N) is 1. The van der Waals surface area contributed by atoms with Crippen molar-refractivity contribution in [2.24, 2.45) is 5.73 Å². The van der Waals surface area contributed by atoms with E-state index < -0.39 is 34.0 Å². The van der Waals surface area contributed by atoms with E-state index in [0.717, 1.165) is 0 Å². The first-order valence-electron chi connectivity index (χ1n) is 6.89. The van der Waals surface area contributed by atoms with Crippen molar-refractivity contribution < 1.29 is 27.9 Å². The summed E-state index contributed by atoms with van der Waals surface area (Å²) in [5.41, 5.74) is 3.97. The third-order valence-corrected chi connectivity index (χ3v) is 4.89. The van der Waals surface area contributed by atoms with Crippen LogP contribution in [0.4, 0.5) is 0 Å². The molecule has 0 radical (unpaired) electrons. The first-order chi connectivity index (χ1) is 10.9. The van der Waals surface area contributed by atoms with Gasteiger partial charge in [-0.05, 0) is 38.5 Å². The Morgan fingerprint density at radius 1 is 1.38 bits per heavy atom. The second kappa shape index (κ2) is 7.82. The fraction of sp³-hybridized carbons (Fsp3) is 0.429. The minimum Gasteiger partial charge on any atom is -0.482 e. The summed E-state index contributed by atoms with van der Waals surface area (Å²) in [4.78, 5) is 21.2. The van der Waals surface area contributed by atoms with E-state index in [9.17, 15) is 18.0 Å². The molecule has 1 aromatic rings. The van der Waals surface area contributed by atoms with Crippen LogP contribution >= 0.6 is 11.6 Å². The van der Waals surface area contributed by atoms with Crippen LogP contribution in [0.3, 0.4) is 0 Å². The van der Waals surface area contributed by atoms with Gasteiger partial charge in [0.1, 0.15) is 10.6 Å². The molecule has 0 bridgehead atoms. The normalized spacial score (nSPS) is 12.0. The van der Waals surface area contributed by atoms with E-state index in [2.05, 4.69) is 4.72 Å². The highest BCUT2D eigenvalue weighted by molar-refractivity contribution is 7.89. The molecule has 0 fully saturated rings. The fourth-order valence-corrected chi connectivity index (χ4v) is 3.70. The lowest BCUT2D eigenvalue weighted by Crippen LogP contribution is -2.43. The molecule has 0 unspecified atom stereocenters. The number of carboxylic acids is 1. The molecule has 1 aromatic carbocycles. The number of nitrogens with two attached hydrogens (primary N) is 1. The molecule has 0 atom stereocenters. The smallest absolute Gasteiger partial charge is 0.303 e.